The molecule has 2 heterocycles. The number of ketones is 1. The van der Waals surface area contributed by atoms with Crippen molar-refractivity contribution in [2.45, 2.75) is 44.7 Å². The molecule has 0 bridgehead atoms. The highest BCUT2D eigenvalue weighted by Gasteiger charge is 2.21. The van der Waals surface area contributed by atoms with Crippen LogP contribution in [-0.2, 0) is 0 Å². The minimum absolute atomic E-state index is 0. The minimum Gasteiger partial charge on any atom is -0.367 e. The number of pyridine rings is 2. The summed E-state index contributed by atoms with van der Waals surface area (Å²) in [6, 6.07) is 5.88. The summed E-state index contributed by atoms with van der Waals surface area (Å²) in [5.41, 5.74) is 7.85. The van der Waals surface area contributed by atoms with Crippen molar-refractivity contribution in [3.05, 3.63) is 28.9 Å². The first kappa shape index (κ1) is 20.9. The summed E-state index contributed by atoms with van der Waals surface area (Å²) in [6.07, 6.45) is 3.99. The van der Waals surface area contributed by atoms with Gasteiger partial charge in [-0.15, -0.1) is 24.8 Å². The second-order valence-corrected chi connectivity index (χ2v) is 6.26. The molecule has 0 saturated heterocycles. The normalized spacial score (nSPS) is 20.0. The monoisotopic (exact) mass is 390 g/mol. The van der Waals surface area contributed by atoms with Gasteiger partial charge in [0.2, 0.25) is 0 Å². The Labute approximate surface area is 158 Å². The number of carbonyl (C=O) groups excluding carboxylic acids is 1. The van der Waals surface area contributed by atoms with E-state index in [0.29, 0.717) is 34.1 Å². The number of nitrogens with zero attached hydrogens (tertiary/aromatic N) is 2. The standard InChI is InChI=1S/C16H19ClN4O.2ClH/c1-9(22)12-8-14-13(6-7-15(17)20-14)21-16(12)19-11-4-2-10(18)3-5-11;;/h6-8,10-11H,2-5,18H2,1H3,(H,19,21);2*1H. The van der Waals surface area contributed by atoms with Crippen molar-refractivity contribution in [3.8, 4) is 0 Å². The molecule has 0 spiro atoms. The zero-order valence-corrected chi connectivity index (χ0v) is 15.7. The zero-order chi connectivity index (χ0) is 15.7. The van der Waals surface area contributed by atoms with E-state index in [1.54, 1.807) is 12.1 Å². The van der Waals surface area contributed by atoms with Crippen LogP contribution in [0.3, 0.4) is 0 Å². The molecular formula is C16H21Cl3N4O. The molecular weight excluding hydrogens is 371 g/mol. The Kier molecular flexibility index (Phi) is 7.67. The molecule has 0 unspecified atom stereocenters. The van der Waals surface area contributed by atoms with Gasteiger partial charge in [-0.1, -0.05) is 11.6 Å². The largest absolute Gasteiger partial charge is 0.367 e. The lowest BCUT2D eigenvalue weighted by atomic mass is 9.91. The molecule has 1 aliphatic rings. The third-order valence-corrected chi connectivity index (χ3v) is 4.34. The second kappa shape index (κ2) is 8.81. The summed E-state index contributed by atoms with van der Waals surface area (Å²) in [7, 11) is 0. The number of rotatable bonds is 3. The number of halogens is 3. The summed E-state index contributed by atoms with van der Waals surface area (Å²) in [6.45, 7) is 1.54. The maximum absolute atomic E-state index is 11.9. The molecule has 2 aromatic heterocycles. The van der Waals surface area contributed by atoms with Gasteiger partial charge in [-0.2, -0.15) is 0 Å². The maximum atomic E-state index is 11.9. The SMILES string of the molecule is CC(=O)c1cc2nc(Cl)ccc2nc1NC1CCC(N)CC1.Cl.Cl. The Hall–Kier alpha value is -1.14. The van der Waals surface area contributed by atoms with Crippen LogP contribution in [0.15, 0.2) is 18.2 Å². The number of Topliss-reactive ketones (excluding diaryl/α,β-unsaturated/α-hetero) is 1. The predicted molar refractivity (Wildman–Crippen MR) is 103 cm³/mol. The Balaban J connectivity index is 0.00000144. The predicted octanol–water partition coefficient (Wildman–Crippen LogP) is 4.01. The van der Waals surface area contributed by atoms with E-state index < -0.39 is 0 Å². The Bertz CT molecular complexity index is 718. The molecule has 0 radical (unpaired) electrons. The molecule has 24 heavy (non-hydrogen) atoms. The molecule has 0 amide bonds. The maximum Gasteiger partial charge on any atom is 0.163 e. The van der Waals surface area contributed by atoms with Gasteiger partial charge in [0.1, 0.15) is 11.0 Å². The molecule has 1 saturated carbocycles. The van der Waals surface area contributed by atoms with E-state index in [0.717, 1.165) is 31.2 Å². The number of nitrogens with two attached hydrogens (primary N) is 1. The summed E-state index contributed by atoms with van der Waals surface area (Å²) >= 11 is 5.91. The van der Waals surface area contributed by atoms with Gasteiger partial charge in [0.05, 0.1) is 16.6 Å². The summed E-state index contributed by atoms with van der Waals surface area (Å²) in [4.78, 5) is 20.7. The highest BCUT2D eigenvalue weighted by Crippen LogP contribution is 2.25. The fourth-order valence-corrected chi connectivity index (χ4v) is 3.02. The van der Waals surface area contributed by atoms with Crippen LogP contribution < -0.4 is 11.1 Å². The first-order chi connectivity index (χ1) is 10.5. The average molecular weight is 392 g/mol. The van der Waals surface area contributed by atoms with E-state index in [4.69, 9.17) is 17.3 Å². The van der Waals surface area contributed by atoms with Crippen molar-refractivity contribution in [2.75, 3.05) is 5.32 Å². The lowest BCUT2D eigenvalue weighted by molar-refractivity contribution is 0.101. The van der Waals surface area contributed by atoms with E-state index in [2.05, 4.69) is 15.3 Å². The number of hydrogen-bond acceptors (Lipinski definition) is 5. The van der Waals surface area contributed by atoms with Crippen LogP contribution >= 0.6 is 36.4 Å². The molecule has 0 aromatic carbocycles. The van der Waals surface area contributed by atoms with Gasteiger partial charge >= 0.3 is 0 Å². The quantitative estimate of drug-likeness (QED) is 0.610. The van der Waals surface area contributed by atoms with Gasteiger partial charge in [0.15, 0.2) is 5.78 Å². The molecule has 3 rings (SSSR count). The van der Waals surface area contributed by atoms with Crippen LogP contribution in [0.2, 0.25) is 5.15 Å². The van der Waals surface area contributed by atoms with Gasteiger partial charge in [-0.3, -0.25) is 4.79 Å². The van der Waals surface area contributed by atoms with Crippen molar-refractivity contribution < 1.29 is 4.79 Å². The van der Waals surface area contributed by atoms with Crippen LogP contribution in [0.1, 0.15) is 43.0 Å². The molecule has 8 heteroatoms. The number of fused-ring (bicyclic) bond motifs is 1. The fourth-order valence-electron chi connectivity index (χ4n) is 2.86. The number of carbonyl (C=O) groups is 1. The Morgan fingerprint density at radius 2 is 1.83 bits per heavy atom. The van der Waals surface area contributed by atoms with E-state index in [9.17, 15) is 4.79 Å². The lowest BCUT2D eigenvalue weighted by Crippen LogP contribution is -2.33. The average Bonchev–Trinajstić information content (AvgIpc) is 2.49. The van der Waals surface area contributed by atoms with Crippen molar-refractivity contribution in [2.24, 2.45) is 5.73 Å². The molecule has 0 atom stereocenters. The van der Waals surface area contributed by atoms with E-state index in [-0.39, 0.29) is 30.6 Å². The Morgan fingerprint density at radius 1 is 1.17 bits per heavy atom. The summed E-state index contributed by atoms with van der Waals surface area (Å²) < 4.78 is 0. The van der Waals surface area contributed by atoms with Crippen molar-refractivity contribution in [1.82, 2.24) is 9.97 Å². The summed E-state index contributed by atoms with van der Waals surface area (Å²) in [5, 5.41) is 3.80. The van der Waals surface area contributed by atoms with Crippen molar-refractivity contribution in [3.63, 3.8) is 0 Å². The van der Waals surface area contributed by atoms with E-state index in [1.807, 2.05) is 6.07 Å². The highest BCUT2D eigenvalue weighted by atomic mass is 35.5. The molecule has 0 aliphatic heterocycles. The van der Waals surface area contributed by atoms with Gasteiger partial charge in [0.25, 0.3) is 0 Å². The number of aromatic nitrogens is 2. The zero-order valence-electron chi connectivity index (χ0n) is 13.3. The van der Waals surface area contributed by atoms with Crippen LogP contribution in [0.25, 0.3) is 11.0 Å². The van der Waals surface area contributed by atoms with E-state index in [1.165, 1.54) is 6.92 Å². The Morgan fingerprint density at radius 3 is 2.46 bits per heavy atom. The van der Waals surface area contributed by atoms with Gasteiger partial charge in [-0.05, 0) is 50.8 Å². The van der Waals surface area contributed by atoms with Crippen LogP contribution in [0.4, 0.5) is 5.82 Å². The smallest absolute Gasteiger partial charge is 0.163 e. The summed E-state index contributed by atoms with van der Waals surface area (Å²) in [5.74, 6) is 0.593. The molecule has 2 aromatic rings. The molecule has 5 nitrogen and oxygen atoms in total. The molecule has 3 N–H and O–H groups in total. The number of anilines is 1. The first-order valence-corrected chi connectivity index (χ1v) is 7.91. The number of hydrogen-bond donors (Lipinski definition) is 2. The van der Waals surface area contributed by atoms with Crippen LogP contribution in [-0.4, -0.2) is 27.8 Å². The third-order valence-electron chi connectivity index (χ3n) is 4.13. The van der Waals surface area contributed by atoms with E-state index >= 15 is 0 Å². The number of nitrogens with one attached hydrogen (secondary N) is 1. The topological polar surface area (TPSA) is 80.9 Å². The molecule has 132 valence electrons. The lowest BCUT2D eigenvalue weighted by Gasteiger charge is -2.27. The molecule has 1 fully saturated rings. The first-order valence-electron chi connectivity index (χ1n) is 7.53. The second-order valence-electron chi connectivity index (χ2n) is 5.87. The highest BCUT2D eigenvalue weighted by molar-refractivity contribution is 6.29. The molecule has 1 aliphatic carbocycles. The fraction of sp³-hybridized carbons (Fsp3) is 0.438. The van der Waals surface area contributed by atoms with Crippen molar-refractivity contribution in [1.29, 1.82) is 0 Å². The van der Waals surface area contributed by atoms with Crippen molar-refractivity contribution >= 4 is 59.0 Å². The van der Waals surface area contributed by atoms with Gasteiger partial charge < -0.3 is 11.1 Å². The van der Waals surface area contributed by atoms with Gasteiger partial charge in [-0.25, -0.2) is 9.97 Å². The van der Waals surface area contributed by atoms with Gasteiger partial charge in [0, 0.05) is 12.1 Å². The third kappa shape index (κ3) is 4.70. The van der Waals surface area contributed by atoms with Crippen LogP contribution in [0.5, 0.6) is 0 Å². The van der Waals surface area contributed by atoms with Crippen LogP contribution in [0, 0.1) is 0 Å². The minimum atomic E-state index is -0.0359.